The van der Waals surface area contributed by atoms with E-state index in [1.165, 1.54) is 30.5 Å². The fraction of sp³-hybridized carbons (Fsp3) is 0.600. The summed E-state index contributed by atoms with van der Waals surface area (Å²) >= 11 is 0. The molecule has 0 amide bonds. The van der Waals surface area contributed by atoms with Crippen LogP contribution in [0.1, 0.15) is 36.8 Å². The van der Waals surface area contributed by atoms with Gasteiger partial charge in [0.25, 0.3) is 0 Å². The molecule has 0 aromatic heterocycles. The molecule has 2 rings (SSSR count). The van der Waals surface area contributed by atoms with E-state index in [1.54, 1.807) is 7.11 Å². The van der Waals surface area contributed by atoms with E-state index in [4.69, 9.17) is 4.74 Å². The van der Waals surface area contributed by atoms with Crippen LogP contribution in [0.25, 0.3) is 0 Å². The minimum absolute atomic E-state index is 0.715. The summed E-state index contributed by atoms with van der Waals surface area (Å²) in [5.41, 5.74) is 2.76. The highest BCUT2D eigenvalue weighted by Gasteiger charge is 2.37. The number of hydrogen-bond donors (Lipinski definition) is 1. The SMILES string of the molecule is CCCNCC1CC1c1ccc(COC)cc1. The molecule has 0 spiro atoms. The van der Waals surface area contributed by atoms with Crippen molar-refractivity contribution in [2.45, 2.75) is 32.3 Å². The molecule has 1 aromatic rings. The van der Waals surface area contributed by atoms with Crippen molar-refractivity contribution in [3.8, 4) is 0 Å². The van der Waals surface area contributed by atoms with Gasteiger partial charge in [0.2, 0.25) is 0 Å². The Bertz CT molecular complexity index is 333. The molecule has 0 heterocycles. The summed E-state index contributed by atoms with van der Waals surface area (Å²) in [6.45, 7) is 5.26. The van der Waals surface area contributed by atoms with Gasteiger partial charge in [-0.05, 0) is 48.9 Å². The zero-order chi connectivity index (χ0) is 12.1. The molecule has 1 N–H and O–H groups in total. The molecule has 94 valence electrons. The molecule has 0 radical (unpaired) electrons. The van der Waals surface area contributed by atoms with Crippen molar-refractivity contribution >= 4 is 0 Å². The number of ether oxygens (including phenoxy) is 1. The first-order chi connectivity index (χ1) is 8.35. The van der Waals surface area contributed by atoms with E-state index in [0.717, 1.165) is 18.4 Å². The first-order valence-corrected chi connectivity index (χ1v) is 6.63. The highest BCUT2D eigenvalue weighted by Crippen LogP contribution is 2.46. The molecule has 2 heteroatoms. The highest BCUT2D eigenvalue weighted by atomic mass is 16.5. The Morgan fingerprint density at radius 1 is 1.29 bits per heavy atom. The van der Waals surface area contributed by atoms with E-state index in [9.17, 15) is 0 Å². The van der Waals surface area contributed by atoms with Gasteiger partial charge < -0.3 is 10.1 Å². The topological polar surface area (TPSA) is 21.3 Å². The average Bonchev–Trinajstić information content (AvgIpc) is 3.11. The van der Waals surface area contributed by atoms with Crippen LogP contribution in [0, 0.1) is 5.92 Å². The normalized spacial score (nSPS) is 22.7. The van der Waals surface area contributed by atoms with E-state index < -0.39 is 0 Å². The summed E-state index contributed by atoms with van der Waals surface area (Å²) in [4.78, 5) is 0. The Kier molecular flexibility index (Phi) is 4.57. The van der Waals surface area contributed by atoms with Crippen LogP contribution in [0.4, 0.5) is 0 Å². The zero-order valence-electron chi connectivity index (χ0n) is 10.9. The Hall–Kier alpha value is -0.860. The molecular weight excluding hydrogens is 210 g/mol. The molecular formula is C15H23NO. The van der Waals surface area contributed by atoms with E-state index in [0.29, 0.717) is 6.61 Å². The molecule has 1 aromatic carbocycles. The summed E-state index contributed by atoms with van der Waals surface area (Å²) in [6, 6.07) is 8.90. The lowest BCUT2D eigenvalue weighted by Crippen LogP contribution is -2.17. The molecule has 1 aliphatic carbocycles. The lowest BCUT2D eigenvalue weighted by atomic mass is 10.1. The minimum Gasteiger partial charge on any atom is -0.380 e. The van der Waals surface area contributed by atoms with E-state index in [2.05, 4.69) is 36.5 Å². The van der Waals surface area contributed by atoms with E-state index in [1.807, 2.05) is 0 Å². The predicted octanol–water partition coefficient (Wildman–Crippen LogP) is 2.94. The van der Waals surface area contributed by atoms with Crippen molar-refractivity contribution in [1.82, 2.24) is 5.32 Å². The molecule has 0 bridgehead atoms. The van der Waals surface area contributed by atoms with Gasteiger partial charge in [-0.1, -0.05) is 31.2 Å². The highest BCUT2D eigenvalue weighted by molar-refractivity contribution is 5.29. The maximum Gasteiger partial charge on any atom is 0.0713 e. The fourth-order valence-electron chi connectivity index (χ4n) is 2.37. The summed E-state index contributed by atoms with van der Waals surface area (Å²) in [7, 11) is 1.74. The second kappa shape index (κ2) is 6.18. The summed E-state index contributed by atoms with van der Waals surface area (Å²) < 4.78 is 5.12. The van der Waals surface area contributed by atoms with Gasteiger partial charge in [0.15, 0.2) is 0 Å². The largest absolute Gasteiger partial charge is 0.380 e. The lowest BCUT2D eigenvalue weighted by molar-refractivity contribution is 0.185. The Morgan fingerprint density at radius 3 is 2.71 bits per heavy atom. The van der Waals surface area contributed by atoms with Gasteiger partial charge in [-0.15, -0.1) is 0 Å². The lowest BCUT2D eigenvalue weighted by Gasteiger charge is -2.04. The van der Waals surface area contributed by atoms with Gasteiger partial charge in [-0.3, -0.25) is 0 Å². The van der Waals surface area contributed by atoms with Crippen LogP contribution in [0.3, 0.4) is 0 Å². The van der Waals surface area contributed by atoms with Crippen molar-refractivity contribution in [3.63, 3.8) is 0 Å². The summed E-state index contributed by atoms with van der Waals surface area (Å²) in [5.74, 6) is 1.64. The summed E-state index contributed by atoms with van der Waals surface area (Å²) in [6.07, 6.45) is 2.57. The first-order valence-electron chi connectivity index (χ1n) is 6.63. The van der Waals surface area contributed by atoms with Crippen LogP contribution in [0.2, 0.25) is 0 Å². The molecule has 1 aliphatic rings. The maximum absolute atomic E-state index is 5.12. The van der Waals surface area contributed by atoms with Gasteiger partial charge in [0, 0.05) is 7.11 Å². The van der Waals surface area contributed by atoms with Gasteiger partial charge in [-0.2, -0.15) is 0 Å². The molecule has 0 saturated heterocycles. The number of nitrogens with one attached hydrogen (secondary N) is 1. The van der Waals surface area contributed by atoms with Crippen molar-refractivity contribution in [2.24, 2.45) is 5.92 Å². The Balaban J connectivity index is 1.80. The fourth-order valence-corrected chi connectivity index (χ4v) is 2.37. The molecule has 1 fully saturated rings. The quantitative estimate of drug-likeness (QED) is 0.731. The van der Waals surface area contributed by atoms with Crippen molar-refractivity contribution < 1.29 is 4.74 Å². The van der Waals surface area contributed by atoms with Crippen molar-refractivity contribution in [3.05, 3.63) is 35.4 Å². The Labute approximate surface area is 104 Å². The van der Waals surface area contributed by atoms with Crippen LogP contribution < -0.4 is 5.32 Å². The second-order valence-electron chi connectivity index (χ2n) is 4.98. The van der Waals surface area contributed by atoms with Crippen molar-refractivity contribution in [1.29, 1.82) is 0 Å². The van der Waals surface area contributed by atoms with Crippen molar-refractivity contribution in [2.75, 3.05) is 20.2 Å². The molecule has 17 heavy (non-hydrogen) atoms. The average molecular weight is 233 g/mol. The molecule has 2 atom stereocenters. The summed E-state index contributed by atoms with van der Waals surface area (Å²) in [5, 5.41) is 3.51. The standard InChI is InChI=1S/C15H23NO/c1-3-8-16-10-14-9-15(14)13-6-4-12(5-7-13)11-17-2/h4-7,14-16H,3,8-11H2,1-2H3. The third-order valence-electron chi connectivity index (χ3n) is 3.47. The zero-order valence-corrected chi connectivity index (χ0v) is 10.9. The smallest absolute Gasteiger partial charge is 0.0713 e. The Morgan fingerprint density at radius 2 is 2.06 bits per heavy atom. The van der Waals surface area contributed by atoms with E-state index in [-0.39, 0.29) is 0 Å². The van der Waals surface area contributed by atoms with Gasteiger partial charge in [0.05, 0.1) is 6.61 Å². The minimum atomic E-state index is 0.715. The number of methoxy groups -OCH3 is 1. The monoisotopic (exact) mass is 233 g/mol. The van der Waals surface area contributed by atoms with Crippen LogP contribution in [-0.4, -0.2) is 20.2 Å². The van der Waals surface area contributed by atoms with Gasteiger partial charge >= 0.3 is 0 Å². The molecule has 0 aliphatic heterocycles. The molecule has 2 nitrogen and oxygen atoms in total. The first kappa shape index (κ1) is 12.6. The van der Waals surface area contributed by atoms with Gasteiger partial charge in [-0.25, -0.2) is 0 Å². The molecule has 1 saturated carbocycles. The number of hydrogen-bond acceptors (Lipinski definition) is 2. The third kappa shape index (κ3) is 3.55. The van der Waals surface area contributed by atoms with Gasteiger partial charge in [0.1, 0.15) is 0 Å². The van der Waals surface area contributed by atoms with Crippen LogP contribution in [0.15, 0.2) is 24.3 Å². The second-order valence-corrected chi connectivity index (χ2v) is 4.98. The third-order valence-corrected chi connectivity index (χ3v) is 3.47. The van der Waals surface area contributed by atoms with Crippen LogP contribution in [0.5, 0.6) is 0 Å². The number of rotatable bonds is 7. The predicted molar refractivity (Wildman–Crippen MR) is 71.2 cm³/mol. The van der Waals surface area contributed by atoms with Crippen LogP contribution >= 0.6 is 0 Å². The maximum atomic E-state index is 5.12. The van der Waals surface area contributed by atoms with Crippen LogP contribution in [-0.2, 0) is 11.3 Å². The number of benzene rings is 1. The molecule has 2 unspecified atom stereocenters. The van der Waals surface area contributed by atoms with E-state index >= 15 is 0 Å².